The molecule has 100 valence electrons. The Kier molecular flexibility index (Phi) is 3.92. The van der Waals surface area contributed by atoms with Crippen LogP contribution < -0.4 is 0 Å². The van der Waals surface area contributed by atoms with Crippen LogP contribution in [-0.2, 0) is 11.3 Å². The first-order valence-corrected chi connectivity index (χ1v) is 7.17. The van der Waals surface area contributed by atoms with Gasteiger partial charge in [0.05, 0.1) is 28.8 Å². The van der Waals surface area contributed by atoms with Gasteiger partial charge in [-0.2, -0.15) is 5.10 Å². The summed E-state index contributed by atoms with van der Waals surface area (Å²) in [5.41, 5.74) is 0.666. The van der Waals surface area contributed by atoms with E-state index in [9.17, 15) is 4.79 Å². The number of aryl methyl sites for hydroxylation is 1. The predicted octanol–water partition coefficient (Wildman–Crippen LogP) is 2.91. The fourth-order valence-electron chi connectivity index (χ4n) is 2.72. The zero-order valence-corrected chi connectivity index (χ0v) is 12.8. The molecule has 4 unspecified atom stereocenters. The zero-order chi connectivity index (χ0) is 13.4. The third kappa shape index (κ3) is 2.14. The highest BCUT2D eigenvalue weighted by molar-refractivity contribution is 9.10. The number of carbonyl (C=O) groups is 1. The van der Waals surface area contributed by atoms with Crippen molar-refractivity contribution in [1.29, 1.82) is 0 Å². The van der Waals surface area contributed by atoms with E-state index in [-0.39, 0.29) is 29.8 Å². The number of Topliss-reactive ketones (excluding diaryl/α,β-unsaturated/α-hetero) is 1. The van der Waals surface area contributed by atoms with Gasteiger partial charge in [-0.15, -0.1) is 0 Å². The van der Waals surface area contributed by atoms with Crippen molar-refractivity contribution in [2.24, 2.45) is 11.8 Å². The topological polar surface area (TPSA) is 44.1 Å². The Balaban J connectivity index is 2.34. The van der Waals surface area contributed by atoms with Gasteiger partial charge in [0.1, 0.15) is 5.69 Å². The Hall–Kier alpha value is -0.680. The van der Waals surface area contributed by atoms with Crippen molar-refractivity contribution in [3.63, 3.8) is 0 Å². The minimum Gasteiger partial charge on any atom is -0.374 e. The molecule has 2 rings (SSSR count). The lowest BCUT2D eigenvalue weighted by Gasteiger charge is -2.17. The summed E-state index contributed by atoms with van der Waals surface area (Å²) in [5, 5.41) is 4.20. The summed E-state index contributed by atoms with van der Waals surface area (Å²) in [6, 6.07) is 0. The van der Waals surface area contributed by atoms with Gasteiger partial charge in [0.25, 0.3) is 0 Å². The number of ether oxygens (including phenoxy) is 1. The van der Waals surface area contributed by atoms with Crippen LogP contribution in [0.1, 0.15) is 38.2 Å². The summed E-state index contributed by atoms with van der Waals surface area (Å²) in [4.78, 5) is 12.7. The van der Waals surface area contributed by atoms with Crippen LogP contribution in [-0.4, -0.2) is 27.8 Å². The van der Waals surface area contributed by atoms with Gasteiger partial charge in [0.2, 0.25) is 0 Å². The number of aromatic nitrogens is 2. The molecule has 0 radical (unpaired) electrons. The first kappa shape index (κ1) is 13.7. The van der Waals surface area contributed by atoms with Crippen molar-refractivity contribution < 1.29 is 9.53 Å². The Bertz CT molecular complexity index is 458. The molecule has 0 aliphatic carbocycles. The Morgan fingerprint density at radius 1 is 1.44 bits per heavy atom. The van der Waals surface area contributed by atoms with Crippen molar-refractivity contribution in [2.75, 3.05) is 0 Å². The monoisotopic (exact) mass is 314 g/mol. The largest absolute Gasteiger partial charge is 0.374 e. The van der Waals surface area contributed by atoms with E-state index >= 15 is 0 Å². The molecule has 0 N–H and O–H groups in total. The molecule has 1 aliphatic heterocycles. The number of rotatable bonds is 3. The van der Waals surface area contributed by atoms with Crippen molar-refractivity contribution >= 4 is 21.7 Å². The van der Waals surface area contributed by atoms with Gasteiger partial charge >= 0.3 is 0 Å². The van der Waals surface area contributed by atoms with E-state index in [0.29, 0.717) is 12.2 Å². The highest BCUT2D eigenvalue weighted by Crippen LogP contribution is 2.35. The van der Waals surface area contributed by atoms with Gasteiger partial charge in [-0.05, 0) is 42.6 Å². The highest BCUT2D eigenvalue weighted by Gasteiger charge is 2.43. The molecular formula is C13H19BrN2O2. The smallest absolute Gasteiger partial charge is 0.188 e. The van der Waals surface area contributed by atoms with Gasteiger partial charge in [-0.25, -0.2) is 0 Å². The molecule has 18 heavy (non-hydrogen) atoms. The molecule has 1 fully saturated rings. The molecular weight excluding hydrogens is 296 g/mol. The SMILES string of the molecule is CCn1ncc(Br)c1C(=O)C1C(C)OC(C)C1C. The van der Waals surface area contributed by atoms with E-state index in [1.807, 2.05) is 20.8 Å². The van der Waals surface area contributed by atoms with Gasteiger partial charge < -0.3 is 4.74 Å². The van der Waals surface area contributed by atoms with E-state index in [1.165, 1.54) is 0 Å². The number of ketones is 1. The fourth-order valence-corrected chi connectivity index (χ4v) is 3.22. The van der Waals surface area contributed by atoms with E-state index < -0.39 is 0 Å². The maximum Gasteiger partial charge on any atom is 0.188 e. The van der Waals surface area contributed by atoms with Crippen LogP contribution in [0.25, 0.3) is 0 Å². The van der Waals surface area contributed by atoms with Crippen LogP contribution in [0.15, 0.2) is 10.7 Å². The van der Waals surface area contributed by atoms with E-state index in [1.54, 1.807) is 10.9 Å². The molecule has 5 heteroatoms. The molecule has 0 amide bonds. The maximum absolute atomic E-state index is 12.7. The molecule has 1 aromatic rings. The molecule has 4 atom stereocenters. The lowest BCUT2D eigenvalue weighted by Crippen LogP contribution is -2.29. The number of nitrogens with zero attached hydrogens (tertiary/aromatic N) is 2. The molecule has 1 saturated heterocycles. The second kappa shape index (κ2) is 5.13. The summed E-state index contributed by atoms with van der Waals surface area (Å²) < 4.78 is 8.27. The first-order chi connectivity index (χ1) is 8.47. The van der Waals surface area contributed by atoms with Gasteiger partial charge in [0, 0.05) is 6.54 Å². The van der Waals surface area contributed by atoms with E-state index in [4.69, 9.17) is 4.74 Å². The molecule has 1 aromatic heterocycles. The van der Waals surface area contributed by atoms with Crippen LogP contribution in [0.4, 0.5) is 0 Å². The summed E-state index contributed by atoms with van der Waals surface area (Å²) in [5.74, 6) is 0.281. The summed E-state index contributed by atoms with van der Waals surface area (Å²) in [7, 11) is 0. The van der Waals surface area contributed by atoms with Gasteiger partial charge in [0.15, 0.2) is 5.78 Å². The van der Waals surface area contributed by atoms with E-state index in [0.717, 1.165) is 4.47 Å². The Morgan fingerprint density at radius 2 is 2.11 bits per heavy atom. The van der Waals surface area contributed by atoms with Crippen LogP contribution in [0, 0.1) is 11.8 Å². The normalized spacial score (nSPS) is 31.8. The average molecular weight is 315 g/mol. The second-order valence-electron chi connectivity index (χ2n) is 4.95. The van der Waals surface area contributed by atoms with Crippen molar-refractivity contribution in [3.05, 3.63) is 16.4 Å². The third-order valence-electron chi connectivity index (χ3n) is 3.87. The molecule has 1 aliphatic rings. The van der Waals surface area contributed by atoms with Crippen molar-refractivity contribution in [3.8, 4) is 0 Å². The summed E-state index contributed by atoms with van der Waals surface area (Å²) in [6.45, 7) is 8.76. The van der Waals surface area contributed by atoms with Gasteiger partial charge in [-0.1, -0.05) is 6.92 Å². The second-order valence-corrected chi connectivity index (χ2v) is 5.81. The summed E-state index contributed by atoms with van der Waals surface area (Å²) in [6.07, 6.45) is 1.78. The lowest BCUT2D eigenvalue weighted by atomic mass is 9.85. The van der Waals surface area contributed by atoms with Crippen molar-refractivity contribution in [1.82, 2.24) is 9.78 Å². The van der Waals surface area contributed by atoms with Crippen LogP contribution in [0.5, 0.6) is 0 Å². The number of halogens is 1. The standard InChI is InChI=1S/C13H19BrN2O2/c1-5-16-12(10(14)6-15-16)13(17)11-7(2)8(3)18-9(11)4/h6-9,11H,5H2,1-4H3. The van der Waals surface area contributed by atoms with Gasteiger partial charge in [-0.3, -0.25) is 9.48 Å². The van der Waals surface area contributed by atoms with Crippen molar-refractivity contribution in [2.45, 2.75) is 46.4 Å². The predicted molar refractivity (Wildman–Crippen MR) is 72.6 cm³/mol. The molecule has 0 bridgehead atoms. The minimum atomic E-state index is -0.0849. The number of carbonyl (C=O) groups excluding carboxylic acids is 1. The first-order valence-electron chi connectivity index (χ1n) is 6.38. The lowest BCUT2D eigenvalue weighted by molar-refractivity contribution is 0.0488. The van der Waals surface area contributed by atoms with Crippen LogP contribution in [0.2, 0.25) is 0 Å². The number of hydrogen-bond acceptors (Lipinski definition) is 3. The molecule has 0 aromatic carbocycles. The van der Waals surface area contributed by atoms with Crippen LogP contribution in [0.3, 0.4) is 0 Å². The maximum atomic E-state index is 12.7. The van der Waals surface area contributed by atoms with E-state index in [2.05, 4.69) is 28.0 Å². The molecule has 2 heterocycles. The Labute approximate surface area is 116 Å². The zero-order valence-electron chi connectivity index (χ0n) is 11.2. The third-order valence-corrected chi connectivity index (χ3v) is 4.45. The molecule has 0 spiro atoms. The number of hydrogen-bond donors (Lipinski definition) is 0. The molecule has 4 nitrogen and oxygen atoms in total. The fraction of sp³-hybridized carbons (Fsp3) is 0.692. The Morgan fingerprint density at radius 3 is 2.61 bits per heavy atom. The summed E-state index contributed by atoms with van der Waals surface area (Å²) >= 11 is 3.42. The quantitative estimate of drug-likeness (QED) is 0.806. The minimum absolute atomic E-state index is 0.0328. The molecule has 0 saturated carbocycles. The van der Waals surface area contributed by atoms with Crippen LogP contribution >= 0.6 is 15.9 Å². The average Bonchev–Trinajstić information content (AvgIpc) is 2.80. The highest BCUT2D eigenvalue weighted by atomic mass is 79.9.